The van der Waals surface area contributed by atoms with Crippen molar-refractivity contribution in [2.75, 3.05) is 14.2 Å². The van der Waals surface area contributed by atoms with Crippen LogP contribution in [0.2, 0.25) is 0 Å². The summed E-state index contributed by atoms with van der Waals surface area (Å²) in [7, 11) is 3.60. The van der Waals surface area contributed by atoms with Crippen LogP contribution in [-0.2, 0) is 6.54 Å². The van der Waals surface area contributed by atoms with Crippen molar-refractivity contribution in [1.82, 2.24) is 20.1 Å². The second kappa shape index (κ2) is 6.33. The number of hydrogen-bond donors (Lipinski definition) is 1. The first-order valence-electron chi connectivity index (χ1n) is 6.48. The lowest BCUT2D eigenvalue weighted by Gasteiger charge is -2.19. The van der Waals surface area contributed by atoms with Crippen LogP contribution in [0, 0.1) is 0 Å². The summed E-state index contributed by atoms with van der Waals surface area (Å²) in [6, 6.07) is 4.02. The van der Waals surface area contributed by atoms with E-state index in [2.05, 4.69) is 28.4 Å². The van der Waals surface area contributed by atoms with Crippen molar-refractivity contribution in [1.29, 1.82) is 0 Å². The smallest absolute Gasteiger partial charge is 0.161 e. The summed E-state index contributed by atoms with van der Waals surface area (Å²) >= 11 is 0. The molecule has 102 valence electrons. The Hall–Kier alpha value is -1.88. The number of rotatable bonds is 6. The normalized spacial score (nSPS) is 12.4. The molecular weight excluding hydrogens is 240 g/mol. The minimum absolute atomic E-state index is 0.0256. The minimum Gasteiger partial charge on any atom is -0.493 e. The average Bonchev–Trinajstić information content (AvgIpc) is 2.85. The molecule has 19 heavy (non-hydrogen) atoms. The lowest BCUT2D eigenvalue weighted by molar-refractivity contribution is 0.400. The molecule has 0 aliphatic rings. The summed E-state index contributed by atoms with van der Waals surface area (Å²) in [6.45, 7) is 3.01. The Morgan fingerprint density at radius 1 is 1.42 bits per heavy atom. The molecule has 0 aliphatic heterocycles. The van der Waals surface area contributed by atoms with Gasteiger partial charge in [-0.25, -0.2) is 0 Å². The molecule has 0 bridgehead atoms. The number of nitrogens with one attached hydrogen (secondary N) is 1. The Morgan fingerprint density at radius 3 is 2.84 bits per heavy atom. The third kappa shape index (κ3) is 2.76. The van der Waals surface area contributed by atoms with Gasteiger partial charge < -0.3 is 10.1 Å². The maximum absolute atomic E-state index is 5.43. The monoisotopic (exact) mass is 260 g/mol. The van der Waals surface area contributed by atoms with Crippen LogP contribution in [0.4, 0.5) is 0 Å². The third-order valence-electron chi connectivity index (χ3n) is 3.08. The highest BCUT2D eigenvalue weighted by Gasteiger charge is 2.22. The van der Waals surface area contributed by atoms with Crippen LogP contribution in [0.15, 0.2) is 30.7 Å². The van der Waals surface area contributed by atoms with E-state index in [1.165, 1.54) is 0 Å². The molecule has 2 heterocycles. The zero-order valence-electron chi connectivity index (χ0n) is 11.6. The van der Waals surface area contributed by atoms with Crippen LogP contribution in [0.1, 0.15) is 30.6 Å². The standard InChI is InChI=1S/C14H20N4O/c1-4-8-18-14(12(19-3)10-17-18)13(15-2)11-6-5-7-16-9-11/h5-7,9-10,13,15H,4,8H2,1-3H3. The molecule has 1 unspecified atom stereocenters. The molecule has 2 rings (SSSR count). The van der Waals surface area contributed by atoms with Crippen molar-refractivity contribution in [3.05, 3.63) is 42.0 Å². The van der Waals surface area contributed by atoms with E-state index in [-0.39, 0.29) is 6.04 Å². The molecule has 0 aromatic carbocycles. The summed E-state index contributed by atoms with van der Waals surface area (Å²) in [6.07, 6.45) is 6.44. The summed E-state index contributed by atoms with van der Waals surface area (Å²) in [5, 5.41) is 7.72. The van der Waals surface area contributed by atoms with Crippen LogP contribution in [0.25, 0.3) is 0 Å². The van der Waals surface area contributed by atoms with Gasteiger partial charge in [0.2, 0.25) is 0 Å². The average molecular weight is 260 g/mol. The number of aryl methyl sites for hydroxylation is 1. The predicted octanol–water partition coefficient (Wildman–Crippen LogP) is 2.01. The van der Waals surface area contributed by atoms with Crippen molar-refractivity contribution in [3.63, 3.8) is 0 Å². The van der Waals surface area contributed by atoms with Crippen LogP contribution in [0.3, 0.4) is 0 Å². The SMILES string of the molecule is CCCn1ncc(OC)c1C(NC)c1cccnc1. The van der Waals surface area contributed by atoms with Gasteiger partial charge >= 0.3 is 0 Å². The number of aromatic nitrogens is 3. The van der Waals surface area contributed by atoms with Crippen LogP contribution in [-0.4, -0.2) is 28.9 Å². The number of nitrogens with zero attached hydrogens (tertiary/aromatic N) is 3. The van der Waals surface area contributed by atoms with E-state index in [1.807, 2.05) is 24.0 Å². The van der Waals surface area contributed by atoms with Crippen molar-refractivity contribution >= 4 is 0 Å². The quantitative estimate of drug-likeness (QED) is 0.863. The summed E-state index contributed by atoms with van der Waals surface area (Å²) in [4.78, 5) is 4.18. The lowest BCUT2D eigenvalue weighted by atomic mass is 10.1. The molecule has 0 amide bonds. The van der Waals surface area contributed by atoms with Crippen LogP contribution < -0.4 is 10.1 Å². The first-order valence-corrected chi connectivity index (χ1v) is 6.48. The van der Waals surface area contributed by atoms with E-state index < -0.39 is 0 Å². The van der Waals surface area contributed by atoms with Gasteiger partial charge in [-0.3, -0.25) is 9.67 Å². The fourth-order valence-corrected chi connectivity index (χ4v) is 2.22. The van der Waals surface area contributed by atoms with Crippen molar-refractivity contribution in [2.45, 2.75) is 25.9 Å². The molecule has 2 aromatic rings. The second-order valence-electron chi connectivity index (χ2n) is 4.33. The van der Waals surface area contributed by atoms with Crippen LogP contribution >= 0.6 is 0 Å². The molecular formula is C14H20N4O. The van der Waals surface area contributed by atoms with Gasteiger partial charge in [-0.1, -0.05) is 13.0 Å². The van der Waals surface area contributed by atoms with Gasteiger partial charge in [-0.05, 0) is 25.1 Å². The van der Waals surface area contributed by atoms with Crippen LogP contribution in [0.5, 0.6) is 5.75 Å². The Balaban J connectivity index is 2.45. The molecule has 0 aliphatic carbocycles. The number of pyridine rings is 1. The maximum atomic E-state index is 5.43. The molecule has 1 atom stereocenters. The molecule has 5 nitrogen and oxygen atoms in total. The summed E-state index contributed by atoms with van der Waals surface area (Å²) in [5.74, 6) is 0.802. The molecule has 5 heteroatoms. The first-order chi connectivity index (χ1) is 9.31. The summed E-state index contributed by atoms with van der Waals surface area (Å²) in [5.41, 5.74) is 2.14. The summed E-state index contributed by atoms with van der Waals surface area (Å²) < 4.78 is 7.43. The van der Waals surface area contributed by atoms with Gasteiger partial charge in [-0.15, -0.1) is 0 Å². The zero-order valence-corrected chi connectivity index (χ0v) is 11.6. The van der Waals surface area contributed by atoms with E-state index >= 15 is 0 Å². The molecule has 0 radical (unpaired) electrons. The molecule has 0 saturated carbocycles. The highest BCUT2D eigenvalue weighted by Crippen LogP contribution is 2.29. The predicted molar refractivity (Wildman–Crippen MR) is 74.2 cm³/mol. The molecule has 0 fully saturated rings. The van der Waals surface area contributed by atoms with Gasteiger partial charge in [0.1, 0.15) is 5.69 Å². The molecule has 0 spiro atoms. The highest BCUT2D eigenvalue weighted by molar-refractivity contribution is 5.35. The third-order valence-corrected chi connectivity index (χ3v) is 3.08. The fourth-order valence-electron chi connectivity index (χ4n) is 2.22. The Labute approximate surface area is 113 Å². The highest BCUT2D eigenvalue weighted by atomic mass is 16.5. The zero-order chi connectivity index (χ0) is 13.7. The maximum Gasteiger partial charge on any atom is 0.161 e. The first kappa shape index (κ1) is 13.5. The molecule has 2 aromatic heterocycles. The molecule has 0 saturated heterocycles. The van der Waals surface area contributed by atoms with Crippen molar-refractivity contribution in [2.24, 2.45) is 0 Å². The van der Waals surface area contributed by atoms with Crippen molar-refractivity contribution in [3.8, 4) is 5.75 Å². The largest absolute Gasteiger partial charge is 0.493 e. The lowest BCUT2D eigenvalue weighted by Crippen LogP contribution is -2.22. The van der Waals surface area contributed by atoms with Gasteiger partial charge in [0.05, 0.1) is 19.3 Å². The topological polar surface area (TPSA) is 52.0 Å². The van der Waals surface area contributed by atoms with Gasteiger partial charge in [-0.2, -0.15) is 5.10 Å². The van der Waals surface area contributed by atoms with Crippen molar-refractivity contribution < 1.29 is 4.74 Å². The molecule has 1 N–H and O–H groups in total. The Bertz CT molecular complexity index is 509. The second-order valence-corrected chi connectivity index (χ2v) is 4.33. The number of ether oxygens (including phenoxy) is 1. The van der Waals surface area contributed by atoms with E-state index in [9.17, 15) is 0 Å². The number of hydrogen-bond acceptors (Lipinski definition) is 4. The van der Waals surface area contributed by atoms with Gasteiger partial charge in [0.25, 0.3) is 0 Å². The van der Waals surface area contributed by atoms with E-state index in [0.29, 0.717) is 0 Å². The Morgan fingerprint density at radius 2 is 2.26 bits per heavy atom. The fraction of sp³-hybridized carbons (Fsp3) is 0.429. The van der Waals surface area contributed by atoms with E-state index in [0.717, 1.165) is 30.0 Å². The van der Waals surface area contributed by atoms with Gasteiger partial charge in [0.15, 0.2) is 5.75 Å². The van der Waals surface area contributed by atoms with E-state index in [4.69, 9.17) is 4.74 Å². The Kier molecular flexibility index (Phi) is 4.52. The van der Waals surface area contributed by atoms with E-state index in [1.54, 1.807) is 19.5 Å². The minimum atomic E-state index is 0.0256. The number of methoxy groups -OCH3 is 1. The van der Waals surface area contributed by atoms with Gasteiger partial charge in [0, 0.05) is 18.9 Å².